The van der Waals surface area contributed by atoms with Crippen LogP contribution in [-0.2, 0) is 14.3 Å². The van der Waals surface area contributed by atoms with Crippen LogP contribution in [-0.4, -0.2) is 50.9 Å². The monoisotopic (exact) mass is 272 g/mol. The van der Waals surface area contributed by atoms with E-state index >= 15 is 0 Å². The summed E-state index contributed by atoms with van der Waals surface area (Å²) in [4.78, 5) is 32.8. The first kappa shape index (κ1) is 16.7. The average molecular weight is 272 g/mol. The van der Waals surface area contributed by atoms with Gasteiger partial charge in [0.15, 0.2) is 12.2 Å². The van der Waals surface area contributed by atoms with Crippen molar-refractivity contribution in [1.82, 2.24) is 0 Å². The number of carbonyl (C=O) groups excluding carboxylic acids is 2. The van der Waals surface area contributed by atoms with Crippen LogP contribution in [0.5, 0.6) is 0 Å². The van der Waals surface area contributed by atoms with Gasteiger partial charge in [0.1, 0.15) is 0 Å². The third kappa shape index (κ3) is 4.47. The summed E-state index contributed by atoms with van der Waals surface area (Å²) >= 11 is 0. The fraction of sp³-hybridized carbons (Fsp3) is 0.182. The molecule has 1 aromatic carbocycles. The number of aliphatic carboxylic acids is 1. The van der Waals surface area contributed by atoms with Crippen LogP contribution in [0.4, 0.5) is 0 Å². The molecular formula is C11H12O8. The number of aliphatic hydroxyl groups excluding tert-OH is 2. The summed E-state index contributed by atoms with van der Waals surface area (Å²) in [5.41, 5.74) is 0.0582. The topological polar surface area (TPSA) is 153 Å². The number of hydrogen-bond donors (Lipinski definition) is 3. The number of benzene rings is 1. The Morgan fingerprint density at radius 2 is 1.53 bits per heavy atom. The van der Waals surface area contributed by atoms with Crippen LogP contribution in [0.3, 0.4) is 0 Å². The SMILES string of the molecule is O.O=C(OC(=O)C(O)C(O)C(=O)O)c1ccccc1. The molecule has 8 nitrogen and oxygen atoms in total. The zero-order valence-corrected chi connectivity index (χ0v) is 9.52. The van der Waals surface area contributed by atoms with Gasteiger partial charge in [-0.2, -0.15) is 0 Å². The smallest absolute Gasteiger partial charge is 0.346 e. The Labute approximate surface area is 107 Å². The Morgan fingerprint density at radius 3 is 2.00 bits per heavy atom. The van der Waals surface area contributed by atoms with Crippen LogP contribution >= 0.6 is 0 Å². The zero-order chi connectivity index (χ0) is 13.7. The fourth-order valence-electron chi connectivity index (χ4n) is 1.05. The van der Waals surface area contributed by atoms with Gasteiger partial charge in [-0.05, 0) is 12.1 Å². The minimum absolute atomic E-state index is 0. The minimum atomic E-state index is -2.35. The van der Waals surface area contributed by atoms with Crippen LogP contribution in [0, 0.1) is 0 Å². The van der Waals surface area contributed by atoms with Crippen LogP contribution in [0.1, 0.15) is 10.4 Å². The van der Waals surface area contributed by atoms with Gasteiger partial charge in [0, 0.05) is 0 Å². The molecule has 0 saturated carbocycles. The van der Waals surface area contributed by atoms with Crippen molar-refractivity contribution < 1.29 is 39.9 Å². The van der Waals surface area contributed by atoms with Crippen molar-refractivity contribution in [3.05, 3.63) is 35.9 Å². The Bertz CT molecular complexity index is 455. The van der Waals surface area contributed by atoms with E-state index in [-0.39, 0.29) is 11.0 Å². The standard InChI is InChI=1S/C11H10O7.H2O/c12-7(9(14)15)8(13)11(17)18-10(16)6-4-2-1-3-5-6;/h1-5,7-8,12-13H,(H,14,15);1H2. The maximum Gasteiger partial charge on any atom is 0.346 e. The Morgan fingerprint density at radius 1 is 1.00 bits per heavy atom. The normalized spacial score (nSPS) is 12.7. The molecule has 0 aliphatic carbocycles. The molecule has 2 unspecified atom stereocenters. The van der Waals surface area contributed by atoms with Gasteiger partial charge >= 0.3 is 17.9 Å². The Hall–Kier alpha value is -2.29. The predicted molar refractivity (Wildman–Crippen MR) is 60.1 cm³/mol. The zero-order valence-electron chi connectivity index (χ0n) is 9.52. The van der Waals surface area contributed by atoms with Crippen molar-refractivity contribution in [2.45, 2.75) is 12.2 Å². The van der Waals surface area contributed by atoms with E-state index in [2.05, 4.69) is 4.74 Å². The average Bonchev–Trinajstić information content (AvgIpc) is 2.37. The summed E-state index contributed by atoms with van der Waals surface area (Å²) in [6.07, 6.45) is -4.67. The van der Waals surface area contributed by atoms with Gasteiger partial charge in [-0.3, -0.25) is 0 Å². The molecule has 5 N–H and O–H groups in total. The van der Waals surface area contributed by atoms with Crippen molar-refractivity contribution in [2.24, 2.45) is 0 Å². The van der Waals surface area contributed by atoms with Crippen molar-refractivity contribution in [2.75, 3.05) is 0 Å². The van der Waals surface area contributed by atoms with E-state index in [0.29, 0.717) is 0 Å². The number of rotatable bonds is 4. The van der Waals surface area contributed by atoms with Crippen molar-refractivity contribution in [1.29, 1.82) is 0 Å². The summed E-state index contributed by atoms with van der Waals surface area (Å²) < 4.78 is 4.22. The van der Waals surface area contributed by atoms with E-state index < -0.39 is 30.1 Å². The second-order valence-corrected chi connectivity index (χ2v) is 3.30. The number of carbonyl (C=O) groups is 3. The number of carboxylic acid groups (broad SMARTS) is 1. The lowest BCUT2D eigenvalue weighted by atomic mass is 10.2. The second-order valence-electron chi connectivity index (χ2n) is 3.30. The lowest BCUT2D eigenvalue weighted by Crippen LogP contribution is -2.41. The van der Waals surface area contributed by atoms with Crippen molar-refractivity contribution in [3.63, 3.8) is 0 Å². The number of hydrogen-bond acceptors (Lipinski definition) is 6. The summed E-state index contributed by atoms with van der Waals surface area (Å²) in [6.45, 7) is 0. The molecule has 0 radical (unpaired) electrons. The molecule has 0 aromatic heterocycles. The molecule has 1 aromatic rings. The molecule has 0 spiro atoms. The summed E-state index contributed by atoms with van der Waals surface area (Å²) in [6, 6.07) is 7.44. The molecule has 104 valence electrons. The van der Waals surface area contributed by atoms with Gasteiger partial charge in [0.05, 0.1) is 5.56 Å². The van der Waals surface area contributed by atoms with Gasteiger partial charge < -0.3 is 25.5 Å². The van der Waals surface area contributed by atoms with Crippen LogP contribution < -0.4 is 0 Å². The predicted octanol–water partition coefficient (Wildman–Crippen LogP) is -1.65. The van der Waals surface area contributed by atoms with Crippen LogP contribution in [0.25, 0.3) is 0 Å². The quantitative estimate of drug-likeness (QED) is 0.438. The third-order valence-electron chi connectivity index (χ3n) is 2.00. The van der Waals surface area contributed by atoms with Crippen molar-refractivity contribution in [3.8, 4) is 0 Å². The van der Waals surface area contributed by atoms with Gasteiger partial charge in [0.2, 0.25) is 0 Å². The molecule has 0 fully saturated rings. The minimum Gasteiger partial charge on any atom is -0.479 e. The maximum absolute atomic E-state index is 11.4. The van der Waals surface area contributed by atoms with Crippen LogP contribution in [0.2, 0.25) is 0 Å². The number of ether oxygens (including phenoxy) is 1. The Balaban J connectivity index is 0.00000324. The first-order valence-electron chi connectivity index (χ1n) is 4.83. The van der Waals surface area contributed by atoms with Gasteiger partial charge in [-0.1, -0.05) is 18.2 Å². The highest BCUT2D eigenvalue weighted by Crippen LogP contribution is 2.04. The highest BCUT2D eigenvalue weighted by molar-refractivity contribution is 5.98. The van der Waals surface area contributed by atoms with E-state index in [1.165, 1.54) is 24.3 Å². The maximum atomic E-state index is 11.4. The molecule has 8 heteroatoms. The first-order chi connectivity index (χ1) is 8.43. The molecular weight excluding hydrogens is 260 g/mol. The molecule has 0 aliphatic rings. The summed E-state index contributed by atoms with van der Waals surface area (Å²) in [5.74, 6) is -4.37. The number of aliphatic hydroxyl groups is 2. The van der Waals surface area contributed by atoms with Gasteiger partial charge in [0.25, 0.3) is 0 Å². The van der Waals surface area contributed by atoms with Crippen molar-refractivity contribution >= 4 is 17.9 Å². The van der Waals surface area contributed by atoms with E-state index in [1.807, 2.05) is 0 Å². The van der Waals surface area contributed by atoms with Gasteiger partial charge in [-0.15, -0.1) is 0 Å². The van der Waals surface area contributed by atoms with E-state index in [0.717, 1.165) is 0 Å². The molecule has 0 amide bonds. The molecule has 0 aliphatic heterocycles. The van der Waals surface area contributed by atoms with E-state index in [9.17, 15) is 14.4 Å². The van der Waals surface area contributed by atoms with Gasteiger partial charge in [-0.25, -0.2) is 14.4 Å². The van der Waals surface area contributed by atoms with Crippen LogP contribution in [0.15, 0.2) is 30.3 Å². The number of esters is 2. The largest absolute Gasteiger partial charge is 0.479 e. The first-order valence-corrected chi connectivity index (χ1v) is 4.83. The lowest BCUT2D eigenvalue weighted by molar-refractivity contribution is -0.166. The molecule has 0 heterocycles. The Kier molecular flexibility index (Phi) is 6.34. The van der Waals surface area contributed by atoms with E-state index in [1.54, 1.807) is 6.07 Å². The molecule has 19 heavy (non-hydrogen) atoms. The van der Waals surface area contributed by atoms with E-state index in [4.69, 9.17) is 15.3 Å². The number of carboxylic acids is 1. The second kappa shape index (κ2) is 7.21. The lowest BCUT2D eigenvalue weighted by Gasteiger charge is -2.11. The highest BCUT2D eigenvalue weighted by Gasteiger charge is 2.32. The molecule has 0 bridgehead atoms. The summed E-state index contributed by atoms with van der Waals surface area (Å²) in [5, 5.41) is 26.3. The third-order valence-corrected chi connectivity index (χ3v) is 2.00. The highest BCUT2D eigenvalue weighted by atomic mass is 16.6. The molecule has 0 saturated heterocycles. The molecule has 2 atom stereocenters. The summed E-state index contributed by atoms with van der Waals surface area (Å²) in [7, 11) is 0. The fourth-order valence-corrected chi connectivity index (χ4v) is 1.05. The molecule has 1 rings (SSSR count).